The molecule has 4 rings (SSSR count). The Morgan fingerprint density at radius 2 is 2.00 bits per heavy atom. The molecule has 1 atom stereocenters. The van der Waals surface area contributed by atoms with Crippen molar-refractivity contribution in [3.63, 3.8) is 0 Å². The Hall–Kier alpha value is -3.12. The number of nitrogens with one attached hydrogen (secondary N) is 1. The lowest BCUT2D eigenvalue weighted by molar-refractivity contribution is -0.128. The largest absolute Gasteiger partial charge is 0.322 e. The fraction of sp³-hybridized carbons (Fsp3) is 0.227. The molecule has 1 saturated heterocycles. The highest BCUT2D eigenvalue weighted by Gasteiger charge is 2.60. The quantitative estimate of drug-likeness (QED) is 0.782. The van der Waals surface area contributed by atoms with Crippen LogP contribution in [0.4, 0.5) is 11.4 Å². The van der Waals surface area contributed by atoms with Gasteiger partial charge in [-0.2, -0.15) is 0 Å². The fourth-order valence-electron chi connectivity index (χ4n) is 4.13. The number of para-hydroxylation sites is 1. The number of benzene rings is 2. The van der Waals surface area contributed by atoms with Crippen molar-refractivity contribution in [3.8, 4) is 0 Å². The van der Waals surface area contributed by atoms with Gasteiger partial charge in [-0.1, -0.05) is 35.9 Å². The van der Waals surface area contributed by atoms with Crippen molar-refractivity contribution in [2.24, 2.45) is 0 Å². The molecular formula is C22H20ClN3O3. The van der Waals surface area contributed by atoms with Crippen LogP contribution in [-0.2, 0) is 9.59 Å². The van der Waals surface area contributed by atoms with Gasteiger partial charge < -0.3 is 10.2 Å². The number of nitrogens with zero attached hydrogens (tertiary/aromatic N) is 2. The topological polar surface area (TPSA) is 69.7 Å². The van der Waals surface area contributed by atoms with Crippen molar-refractivity contribution in [2.45, 2.75) is 25.4 Å². The first-order valence-electron chi connectivity index (χ1n) is 9.33. The SMILES string of the molecule is C=CCN1C(=O)c2ccccc2N2C(=O)CC[C@@]12C(=O)Nc1cccc(Cl)c1C. The number of amides is 3. The molecule has 2 aliphatic rings. The first kappa shape index (κ1) is 19.2. The molecule has 2 aromatic carbocycles. The van der Waals surface area contributed by atoms with E-state index in [9.17, 15) is 14.4 Å². The Bertz CT molecular complexity index is 1050. The first-order chi connectivity index (χ1) is 13.9. The van der Waals surface area contributed by atoms with Crippen molar-refractivity contribution in [2.75, 3.05) is 16.8 Å². The van der Waals surface area contributed by atoms with Gasteiger partial charge >= 0.3 is 0 Å². The molecule has 29 heavy (non-hydrogen) atoms. The van der Waals surface area contributed by atoms with Crippen LogP contribution in [0.2, 0.25) is 5.02 Å². The maximum Gasteiger partial charge on any atom is 0.271 e. The zero-order chi connectivity index (χ0) is 20.8. The van der Waals surface area contributed by atoms with Crippen molar-refractivity contribution < 1.29 is 14.4 Å². The normalized spacial score (nSPS) is 20.3. The second kappa shape index (κ2) is 7.04. The number of carbonyl (C=O) groups is 3. The first-order valence-corrected chi connectivity index (χ1v) is 9.71. The molecule has 2 aromatic rings. The van der Waals surface area contributed by atoms with Gasteiger partial charge in [0.25, 0.3) is 11.8 Å². The van der Waals surface area contributed by atoms with E-state index < -0.39 is 11.6 Å². The molecule has 0 bridgehead atoms. The van der Waals surface area contributed by atoms with E-state index in [2.05, 4.69) is 11.9 Å². The molecule has 3 amide bonds. The van der Waals surface area contributed by atoms with Crippen LogP contribution in [0.25, 0.3) is 0 Å². The lowest BCUT2D eigenvalue weighted by atomic mass is 9.95. The van der Waals surface area contributed by atoms with Crippen LogP contribution in [0.3, 0.4) is 0 Å². The molecule has 0 aromatic heterocycles. The number of fused-ring (bicyclic) bond motifs is 3. The van der Waals surface area contributed by atoms with Gasteiger partial charge in [-0.05, 0) is 36.8 Å². The third-order valence-corrected chi connectivity index (χ3v) is 5.97. The average molecular weight is 410 g/mol. The molecule has 1 N–H and O–H groups in total. The molecule has 6 nitrogen and oxygen atoms in total. The molecule has 0 saturated carbocycles. The van der Waals surface area contributed by atoms with Crippen molar-refractivity contribution >= 4 is 40.7 Å². The average Bonchev–Trinajstić information content (AvgIpc) is 3.07. The van der Waals surface area contributed by atoms with Gasteiger partial charge in [-0.3, -0.25) is 19.3 Å². The Labute approximate surface area is 173 Å². The lowest BCUT2D eigenvalue weighted by Gasteiger charge is -2.48. The predicted molar refractivity (Wildman–Crippen MR) is 112 cm³/mol. The van der Waals surface area contributed by atoms with E-state index in [1.165, 1.54) is 9.80 Å². The van der Waals surface area contributed by atoms with E-state index in [0.717, 1.165) is 0 Å². The van der Waals surface area contributed by atoms with Crippen LogP contribution in [-0.4, -0.2) is 34.8 Å². The van der Waals surface area contributed by atoms with Gasteiger partial charge in [-0.15, -0.1) is 6.58 Å². The van der Waals surface area contributed by atoms with E-state index in [0.29, 0.717) is 27.5 Å². The van der Waals surface area contributed by atoms with Gasteiger partial charge in [0.2, 0.25) is 11.6 Å². The highest BCUT2D eigenvalue weighted by atomic mass is 35.5. The van der Waals surface area contributed by atoms with Crippen LogP contribution in [0, 0.1) is 6.92 Å². The number of hydrogen-bond donors (Lipinski definition) is 1. The van der Waals surface area contributed by atoms with Crippen molar-refractivity contribution in [1.82, 2.24) is 4.90 Å². The van der Waals surface area contributed by atoms with Crippen LogP contribution in [0.15, 0.2) is 55.1 Å². The minimum Gasteiger partial charge on any atom is -0.322 e. The molecular weight excluding hydrogens is 390 g/mol. The molecule has 2 heterocycles. The summed E-state index contributed by atoms with van der Waals surface area (Å²) in [5.74, 6) is -0.945. The molecule has 0 radical (unpaired) electrons. The maximum atomic E-state index is 13.6. The summed E-state index contributed by atoms with van der Waals surface area (Å²) in [6, 6.07) is 12.1. The summed E-state index contributed by atoms with van der Waals surface area (Å²) in [6.07, 6.45) is 1.93. The van der Waals surface area contributed by atoms with Gasteiger partial charge in [0.1, 0.15) is 0 Å². The summed E-state index contributed by atoms with van der Waals surface area (Å²) in [6.45, 7) is 5.67. The number of carbonyl (C=O) groups excluding carboxylic acids is 3. The Morgan fingerprint density at radius 1 is 1.24 bits per heavy atom. The molecule has 0 unspecified atom stereocenters. The van der Waals surface area contributed by atoms with E-state index in [-0.39, 0.29) is 31.2 Å². The highest BCUT2D eigenvalue weighted by Crippen LogP contribution is 2.45. The summed E-state index contributed by atoms with van der Waals surface area (Å²) in [7, 11) is 0. The van der Waals surface area contributed by atoms with Gasteiger partial charge in [-0.25, -0.2) is 0 Å². The fourth-order valence-corrected chi connectivity index (χ4v) is 4.30. The van der Waals surface area contributed by atoms with Crippen molar-refractivity contribution in [3.05, 3.63) is 71.3 Å². The summed E-state index contributed by atoms with van der Waals surface area (Å²) in [5, 5.41) is 3.42. The molecule has 148 valence electrons. The second-order valence-corrected chi connectivity index (χ2v) is 7.54. The third-order valence-electron chi connectivity index (χ3n) is 5.57. The maximum absolute atomic E-state index is 13.6. The van der Waals surface area contributed by atoms with Gasteiger partial charge in [0.05, 0.1) is 11.3 Å². The lowest BCUT2D eigenvalue weighted by Crippen LogP contribution is -2.69. The highest BCUT2D eigenvalue weighted by molar-refractivity contribution is 6.31. The van der Waals surface area contributed by atoms with Crippen LogP contribution in [0.1, 0.15) is 28.8 Å². The standard InChI is InChI=1S/C22H20ClN3O3/c1-3-13-25-20(28)15-7-4-5-10-18(15)26-19(27)11-12-22(25,26)21(29)24-17-9-6-8-16(23)14(17)2/h3-10H,1,11-13H2,2H3,(H,24,29)/t22-/m1/s1. The summed E-state index contributed by atoms with van der Waals surface area (Å²) >= 11 is 6.19. The summed E-state index contributed by atoms with van der Waals surface area (Å²) < 4.78 is 0. The molecule has 2 aliphatic heterocycles. The number of rotatable bonds is 4. The van der Waals surface area contributed by atoms with Crippen LogP contribution in [0.5, 0.6) is 0 Å². The summed E-state index contributed by atoms with van der Waals surface area (Å²) in [4.78, 5) is 42.7. The van der Waals surface area contributed by atoms with E-state index in [1.54, 1.807) is 55.5 Å². The Morgan fingerprint density at radius 3 is 2.76 bits per heavy atom. The molecule has 0 aliphatic carbocycles. The third kappa shape index (κ3) is 2.75. The zero-order valence-corrected chi connectivity index (χ0v) is 16.7. The Balaban J connectivity index is 1.86. The second-order valence-electron chi connectivity index (χ2n) is 7.13. The smallest absolute Gasteiger partial charge is 0.271 e. The molecule has 1 fully saturated rings. The zero-order valence-electron chi connectivity index (χ0n) is 15.9. The van der Waals surface area contributed by atoms with E-state index in [1.807, 2.05) is 0 Å². The minimum absolute atomic E-state index is 0.138. The molecule has 0 spiro atoms. The number of halogens is 1. The number of anilines is 2. The van der Waals surface area contributed by atoms with Gasteiger partial charge in [0, 0.05) is 30.1 Å². The monoisotopic (exact) mass is 409 g/mol. The van der Waals surface area contributed by atoms with Crippen LogP contribution < -0.4 is 10.2 Å². The van der Waals surface area contributed by atoms with Crippen LogP contribution >= 0.6 is 11.6 Å². The molecule has 7 heteroatoms. The van der Waals surface area contributed by atoms with E-state index in [4.69, 9.17) is 11.6 Å². The van der Waals surface area contributed by atoms with E-state index >= 15 is 0 Å². The minimum atomic E-state index is -1.45. The van der Waals surface area contributed by atoms with Gasteiger partial charge in [0.15, 0.2) is 0 Å². The number of hydrogen-bond acceptors (Lipinski definition) is 3. The predicted octanol–water partition coefficient (Wildman–Crippen LogP) is 3.75. The Kier molecular flexibility index (Phi) is 4.67. The summed E-state index contributed by atoms with van der Waals surface area (Å²) in [5.41, 5.74) is 0.657. The van der Waals surface area contributed by atoms with Crippen molar-refractivity contribution in [1.29, 1.82) is 0 Å².